The Kier molecular flexibility index (Phi) is 6.04. The second-order valence-electron chi connectivity index (χ2n) is 6.66. The van der Waals surface area contributed by atoms with Crippen LogP contribution < -0.4 is 10.6 Å². The zero-order chi connectivity index (χ0) is 20.9. The van der Waals surface area contributed by atoms with E-state index in [1.807, 2.05) is 42.5 Å². The summed E-state index contributed by atoms with van der Waals surface area (Å²) in [6, 6.07) is 16.6. The predicted molar refractivity (Wildman–Crippen MR) is 117 cm³/mol. The van der Waals surface area contributed by atoms with Gasteiger partial charge in [-0.05, 0) is 35.4 Å². The molecule has 0 saturated carbocycles. The summed E-state index contributed by atoms with van der Waals surface area (Å²) in [5.41, 5.74) is 4.14. The summed E-state index contributed by atoms with van der Waals surface area (Å²) in [4.78, 5) is 17.4. The highest BCUT2D eigenvalue weighted by atomic mass is 35.5. The predicted octanol–water partition coefficient (Wildman–Crippen LogP) is 3.38. The van der Waals surface area contributed by atoms with Crippen LogP contribution >= 0.6 is 11.6 Å². The normalized spacial score (nSPS) is 11.0. The van der Waals surface area contributed by atoms with E-state index >= 15 is 0 Å². The first kappa shape index (κ1) is 20.0. The van der Waals surface area contributed by atoms with Crippen molar-refractivity contribution in [3.8, 4) is 11.1 Å². The van der Waals surface area contributed by atoms with Crippen LogP contribution in [0.1, 0.15) is 16.1 Å². The summed E-state index contributed by atoms with van der Waals surface area (Å²) >= 11 is 6.11. The van der Waals surface area contributed by atoms with Crippen LogP contribution in [0.25, 0.3) is 16.8 Å². The van der Waals surface area contributed by atoms with Crippen LogP contribution in [0.5, 0.6) is 0 Å². The fourth-order valence-electron chi connectivity index (χ4n) is 3.14. The molecule has 0 aliphatic rings. The van der Waals surface area contributed by atoms with E-state index in [1.54, 1.807) is 29.0 Å². The summed E-state index contributed by atoms with van der Waals surface area (Å²) in [5, 5.41) is 19.9. The van der Waals surface area contributed by atoms with Crippen molar-refractivity contribution in [3.05, 3.63) is 83.3 Å². The van der Waals surface area contributed by atoms with Gasteiger partial charge < -0.3 is 15.7 Å². The summed E-state index contributed by atoms with van der Waals surface area (Å²) < 4.78 is 1.62. The van der Waals surface area contributed by atoms with Gasteiger partial charge in [-0.25, -0.2) is 9.50 Å². The molecule has 0 unspecified atom stereocenters. The number of carbonyl (C=O) groups excluding carboxylic acids is 1. The van der Waals surface area contributed by atoms with Gasteiger partial charge in [-0.2, -0.15) is 5.10 Å². The zero-order valence-corrected chi connectivity index (χ0v) is 16.8. The van der Waals surface area contributed by atoms with Crippen LogP contribution in [0.2, 0.25) is 5.02 Å². The molecule has 4 aromatic rings. The van der Waals surface area contributed by atoms with Gasteiger partial charge in [0.15, 0.2) is 5.65 Å². The molecule has 2 heterocycles. The van der Waals surface area contributed by atoms with Gasteiger partial charge in [-0.1, -0.05) is 41.9 Å². The van der Waals surface area contributed by atoms with Crippen LogP contribution in [0.3, 0.4) is 0 Å². The van der Waals surface area contributed by atoms with Crippen molar-refractivity contribution in [1.29, 1.82) is 0 Å². The molecule has 1 amide bonds. The molecule has 0 spiro atoms. The molecular formula is C22H20ClN5O2. The molecule has 8 heteroatoms. The standard InChI is InChI=1S/C22H20ClN5O2/c23-17-6-3-5-15(12-17)18-14-25-28-10-8-20(26-21(18)28)22(30)27-19-7-2-1-4-16(19)13-24-9-11-29/h1-8,10,12,14,24,29H,9,11,13H2,(H,27,30). The van der Waals surface area contributed by atoms with Crippen molar-refractivity contribution >= 4 is 28.8 Å². The lowest BCUT2D eigenvalue weighted by Gasteiger charge is -2.11. The van der Waals surface area contributed by atoms with E-state index in [1.165, 1.54) is 0 Å². The molecule has 152 valence electrons. The van der Waals surface area contributed by atoms with Gasteiger partial charge in [-0.3, -0.25) is 4.79 Å². The molecule has 0 saturated heterocycles. The highest BCUT2D eigenvalue weighted by molar-refractivity contribution is 6.30. The number of hydrogen-bond donors (Lipinski definition) is 3. The minimum atomic E-state index is -0.314. The number of hydrogen-bond acceptors (Lipinski definition) is 5. The fraction of sp³-hybridized carbons (Fsp3) is 0.136. The Morgan fingerprint density at radius 3 is 2.83 bits per heavy atom. The Balaban J connectivity index is 1.61. The van der Waals surface area contributed by atoms with E-state index in [0.29, 0.717) is 29.4 Å². The van der Waals surface area contributed by atoms with Gasteiger partial charge in [0.1, 0.15) is 5.69 Å². The maximum Gasteiger partial charge on any atom is 0.274 e. The third-order valence-corrected chi connectivity index (χ3v) is 4.84. The molecule has 2 aromatic carbocycles. The van der Waals surface area contributed by atoms with E-state index in [0.717, 1.165) is 16.7 Å². The third kappa shape index (κ3) is 4.33. The average Bonchev–Trinajstić information content (AvgIpc) is 3.18. The van der Waals surface area contributed by atoms with Crippen molar-refractivity contribution in [2.24, 2.45) is 0 Å². The quantitative estimate of drug-likeness (QED) is 0.398. The first-order valence-electron chi connectivity index (χ1n) is 9.47. The second kappa shape index (κ2) is 9.04. The monoisotopic (exact) mass is 421 g/mol. The van der Waals surface area contributed by atoms with E-state index < -0.39 is 0 Å². The Bertz CT molecular complexity index is 1190. The minimum Gasteiger partial charge on any atom is -0.395 e. The Morgan fingerprint density at radius 1 is 1.13 bits per heavy atom. The Morgan fingerprint density at radius 2 is 2.00 bits per heavy atom. The molecule has 2 aromatic heterocycles. The highest BCUT2D eigenvalue weighted by Crippen LogP contribution is 2.26. The summed E-state index contributed by atoms with van der Waals surface area (Å²) in [5.74, 6) is -0.314. The number of aliphatic hydroxyl groups excluding tert-OH is 1. The molecule has 0 aliphatic heterocycles. The highest BCUT2D eigenvalue weighted by Gasteiger charge is 2.14. The number of benzene rings is 2. The minimum absolute atomic E-state index is 0.0543. The number of rotatable bonds is 7. The fourth-order valence-corrected chi connectivity index (χ4v) is 3.33. The molecule has 30 heavy (non-hydrogen) atoms. The molecule has 3 N–H and O–H groups in total. The molecule has 0 aliphatic carbocycles. The number of carbonyl (C=O) groups is 1. The van der Waals surface area contributed by atoms with Crippen molar-refractivity contribution in [2.45, 2.75) is 6.54 Å². The van der Waals surface area contributed by atoms with Gasteiger partial charge in [0.05, 0.1) is 12.8 Å². The second-order valence-corrected chi connectivity index (χ2v) is 7.10. The van der Waals surface area contributed by atoms with Crippen LogP contribution in [0.4, 0.5) is 5.69 Å². The number of para-hydroxylation sites is 1. The number of amides is 1. The lowest BCUT2D eigenvalue weighted by molar-refractivity contribution is 0.102. The van der Waals surface area contributed by atoms with Crippen molar-refractivity contribution in [2.75, 3.05) is 18.5 Å². The van der Waals surface area contributed by atoms with Crippen LogP contribution in [0.15, 0.2) is 67.0 Å². The number of nitrogens with zero attached hydrogens (tertiary/aromatic N) is 3. The Hall–Kier alpha value is -3.26. The van der Waals surface area contributed by atoms with Gasteiger partial charge in [0.2, 0.25) is 0 Å². The van der Waals surface area contributed by atoms with E-state index in [4.69, 9.17) is 16.7 Å². The SMILES string of the molecule is O=C(Nc1ccccc1CNCCO)c1ccn2ncc(-c3cccc(Cl)c3)c2n1. The van der Waals surface area contributed by atoms with Gasteiger partial charge in [0.25, 0.3) is 5.91 Å². The number of anilines is 1. The van der Waals surface area contributed by atoms with E-state index in [-0.39, 0.29) is 18.2 Å². The number of halogens is 1. The van der Waals surface area contributed by atoms with Crippen molar-refractivity contribution in [3.63, 3.8) is 0 Å². The topological polar surface area (TPSA) is 91.5 Å². The lowest BCUT2D eigenvalue weighted by Crippen LogP contribution is -2.20. The average molecular weight is 422 g/mol. The van der Waals surface area contributed by atoms with Crippen LogP contribution in [0, 0.1) is 0 Å². The summed E-state index contributed by atoms with van der Waals surface area (Å²) in [6.07, 6.45) is 3.41. The van der Waals surface area contributed by atoms with Crippen LogP contribution in [-0.4, -0.2) is 38.8 Å². The maximum absolute atomic E-state index is 12.9. The van der Waals surface area contributed by atoms with Crippen molar-refractivity contribution < 1.29 is 9.90 Å². The molecule has 7 nitrogen and oxygen atoms in total. The molecule has 0 atom stereocenters. The smallest absolute Gasteiger partial charge is 0.274 e. The molecule has 0 bridgehead atoms. The van der Waals surface area contributed by atoms with Gasteiger partial charge in [0, 0.05) is 35.6 Å². The number of aromatic nitrogens is 3. The molecule has 0 fully saturated rings. The summed E-state index contributed by atoms with van der Waals surface area (Å²) in [7, 11) is 0. The molecular weight excluding hydrogens is 402 g/mol. The van der Waals surface area contributed by atoms with E-state index in [2.05, 4.69) is 20.7 Å². The summed E-state index contributed by atoms with van der Waals surface area (Å²) in [6.45, 7) is 1.07. The lowest BCUT2D eigenvalue weighted by atomic mass is 10.1. The first-order chi connectivity index (χ1) is 14.7. The number of aliphatic hydroxyl groups is 1. The molecule has 4 rings (SSSR count). The van der Waals surface area contributed by atoms with Gasteiger partial charge in [-0.15, -0.1) is 0 Å². The van der Waals surface area contributed by atoms with Crippen LogP contribution in [-0.2, 0) is 6.54 Å². The zero-order valence-electron chi connectivity index (χ0n) is 16.0. The number of nitrogens with one attached hydrogen (secondary N) is 2. The Labute approximate surface area is 178 Å². The number of fused-ring (bicyclic) bond motifs is 1. The molecule has 0 radical (unpaired) electrons. The van der Waals surface area contributed by atoms with E-state index in [9.17, 15) is 4.79 Å². The largest absolute Gasteiger partial charge is 0.395 e. The maximum atomic E-state index is 12.9. The third-order valence-electron chi connectivity index (χ3n) is 4.61. The first-order valence-corrected chi connectivity index (χ1v) is 9.84. The van der Waals surface area contributed by atoms with Gasteiger partial charge >= 0.3 is 0 Å². The van der Waals surface area contributed by atoms with Crippen molar-refractivity contribution in [1.82, 2.24) is 19.9 Å².